The molecule has 4 heteroatoms. The Morgan fingerprint density at radius 2 is 1.47 bits per heavy atom. The van der Waals surface area contributed by atoms with E-state index in [9.17, 15) is 4.79 Å². The summed E-state index contributed by atoms with van der Waals surface area (Å²) in [6, 6.07) is 16.7. The average molecular weight is 490 g/mol. The third-order valence-corrected chi connectivity index (χ3v) is 7.23. The van der Waals surface area contributed by atoms with Gasteiger partial charge in [-0.15, -0.1) is 0 Å². The molecular weight excluding hydrogens is 442 g/mol. The predicted molar refractivity (Wildman–Crippen MR) is 152 cm³/mol. The molecule has 0 saturated carbocycles. The predicted octanol–water partition coefficient (Wildman–Crippen LogP) is 7.95. The van der Waals surface area contributed by atoms with Gasteiger partial charge in [-0.25, -0.2) is 4.98 Å². The quantitative estimate of drug-likeness (QED) is 0.184. The largest absolute Gasteiger partial charge is 0.356 e. The van der Waals surface area contributed by atoms with E-state index in [1.807, 2.05) is 18.2 Å². The summed E-state index contributed by atoms with van der Waals surface area (Å²) in [6.07, 6.45) is 16.9. The van der Waals surface area contributed by atoms with Crippen LogP contribution in [0.5, 0.6) is 0 Å². The lowest BCUT2D eigenvalue weighted by Gasteiger charge is -2.10. The molecule has 2 aromatic carbocycles. The molecule has 0 radical (unpaired) electrons. The van der Waals surface area contributed by atoms with Crippen LogP contribution in [-0.4, -0.2) is 22.0 Å². The van der Waals surface area contributed by atoms with Crippen LogP contribution in [-0.2, 0) is 24.2 Å². The molecule has 0 aliphatic carbocycles. The van der Waals surface area contributed by atoms with E-state index in [1.54, 1.807) is 0 Å². The molecular formula is C32H47N3O. The zero-order valence-electron chi connectivity index (χ0n) is 22.7. The van der Waals surface area contributed by atoms with Gasteiger partial charge in [-0.05, 0) is 49.4 Å². The van der Waals surface area contributed by atoms with Gasteiger partial charge in [0.05, 0.1) is 17.5 Å². The van der Waals surface area contributed by atoms with Gasteiger partial charge in [0, 0.05) is 19.5 Å². The van der Waals surface area contributed by atoms with Crippen molar-refractivity contribution in [2.24, 2.45) is 0 Å². The maximum absolute atomic E-state index is 12.3. The number of benzene rings is 2. The third-order valence-electron chi connectivity index (χ3n) is 7.23. The Morgan fingerprint density at radius 3 is 2.25 bits per heavy atom. The number of nitrogens with zero attached hydrogens (tertiary/aromatic N) is 2. The Balaban J connectivity index is 1.36. The number of aryl methyl sites for hydroxylation is 3. The van der Waals surface area contributed by atoms with E-state index in [-0.39, 0.29) is 5.91 Å². The number of nitrogens with one attached hydrogen (secondary N) is 1. The number of carbonyl (C=O) groups excluding carboxylic acids is 1. The Hall–Kier alpha value is -2.62. The first kappa shape index (κ1) is 28.0. The highest BCUT2D eigenvalue weighted by Gasteiger charge is 2.10. The van der Waals surface area contributed by atoms with E-state index in [0.29, 0.717) is 6.42 Å². The summed E-state index contributed by atoms with van der Waals surface area (Å²) in [5.41, 5.74) is 4.68. The molecule has 0 bridgehead atoms. The van der Waals surface area contributed by atoms with Gasteiger partial charge in [0.1, 0.15) is 5.82 Å². The Kier molecular flexibility index (Phi) is 12.6. The smallest absolute Gasteiger partial charge is 0.224 e. The summed E-state index contributed by atoms with van der Waals surface area (Å²) in [6.45, 7) is 6.16. The van der Waals surface area contributed by atoms with Crippen LogP contribution in [0.1, 0.15) is 101 Å². The third kappa shape index (κ3) is 9.44. The molecule has 3 rings (SSSR count). The van der Waals surface area contributed by atoms with Crippen molar-refractivity contribution < 1.29 is 4.79 Å². The SMILES string of the molecule is CCCCCCCCCCCn1c(CCCCCNC(=O)Cc2ccccc2C)nc2ccccc21. The summed E-state index contributed by atoms with van der Waals surface area (Å²) < 4.78 is 2.46. The second-order valence-electron chi connectivity index (χ2n) is 10.3. The van der Waals surface area contributed by atoms with Crippen LogP contribution in [0.2, 0.25) is 0 Å². The van der Waals surface area contributed by atoms with Crippen molar-refractivity contribution in [1.82, 2.24) is 14.9 Å². The maximum atomic E-state index is 12.3. The van der Waals surface area contributed by atoms with E-state index in [0.717, 1.165) is 49.9 Å². The second kappa shape index (κ2) is 16.2. The Bertz CT molecular complexity index is 1040. The van der Waals surface area contributed by atoms with E-state index in [1.165, 1.54) is 74.7 Å². The summed E-state index contributed by atoms with van der Waals surface area (Å²) in [5, 5.41) is 3.09. The van der Waals surface area contributed by atoms with Gasteiger partial charge in [0.25, 0.3) is 0 Å². The van der Waals surface area contributed by atoms with Gasteiger partial charge < -0.3 is 9.88 Å². The van der Waals surface area contributed by atoms with Gasteiger partial charge >= 0.3 is 0 Å². The van der Waals surface area contributed by atoms with Crippen molar-refractivity contribution in [2.75, 3.05) is 6.54 Å². The number of para-hydroxylation sites is 2. The molecule has 0 aliphatic heterocycles. The van der Waals surface area contributed by atoms with Gasteiger partial charge in [-0.2, -0.15) is 0 Å². The summed E-state index contributed by atoms with van der Waals surface area (Å²) in [4.78, 5) is 17.2. The van der Waals surface area contributed by atoms with Crippen LogP contribution in [0.15, 0.2) is 48.5 Å². The molecule has 1 amide bonds. The van der Waals surface area contributed by atoms with Crippen molar-refractivity contribution in [3.8, 4) is 0 Å². The molecule has 3 aromatic rings. The van der Waals surface area contributed by atoms with Crippen LogP contribution < -0.4 is 5.32 Å². The van der Waals surface area contributed by atoms with Gasteiger partial charge in [0.2, 0.25) is 5.91 Å². The van der Waals surface area contributed by atoms with Crippen LogP contribution in [0.25, 0.3) is 11.0 Å². The van der Waals surface area contributed by atoms with Crippen LogP contribution in [0.3, 0.4) is 0 Å². The molecule has 1 N–H and O–H groups in total. The van der Waals surface area contributed by atoms with Gasteiger partial charge in [0.15, 0.2) is 0 Å². The number of carbonyl (C=O) groups is 1. The van der Waals surface area contributed by atoms with Gasteiger partial charge in [-0.1, -0.05) is 101 Å². The number of aromatic nitrogens is 2. The molecule has 0 fully saturated rings. The van der Waals surface area contributed by atoms with Crippen molar-refractivity contribution >= 4 is 16.9 Å². The number of rotatable bonds is 18. The van der Waals surface area contributed by atoms with Crippen molar-refractivity contribution in [2.45, 2.75) is 110 Å². The summed E-state index contributed by atoms with van der Waals surface area (Å²) in [5.74, 6) is 1.34. The number of fused-ring (bicyclic) bond motifs is 1. The number of hydrogen-bond acceptors (Lipinski definition) is 2. The van der Waals surface area contributed by atoms with Crippen molar-refractivity contribution in [1.29, 1.82) is 0 Å². The van der Waals surface area contributed by atoms with Crippen LogP contribution >= 0.6 is 0 Å². The number of unbranched alkanes of at least 4 members (excludes halogenated alkanes) is 10. The Labute approximate surface area is 218 Å². The van der Waals surface area contributed by atoms with Crippen molar-refractivity contribution in [3.05, 3.63) is 65.5 Å². The summed E-state index contributed by atoms with van der Waals surface area (Å²) in [7, 11) is 0. The normalized spacial score (nSPS) is 11.3. The van der Waals surface area contributed by atoms with Crippen LogP contribution in [0.4, 0.5) is 0 Å². The summed E-state index contributed by atoms with van der Waals surface area (Å²) >= 11 is 0. The molecule has 0 aliphatic rings. The molecule has 0 spiro atoms. The minimum absolute atomic E-state index is 0.118. The van der Waals surface area contributed by atoms with E-state index >= 15 is 0 Å². The number of imidazole rings is 1. The molecule has 0 saturated heterocycles. The number of amides is 1. The fourth-order valence-electron chi connectivity index (χ4n) is 5.00. The fraction of sp³-hybridized carbons (Fsp3) is 0.562. The molecule has 1 aromatic heterocycles. The monoisotopic (exact) mass is 489 g/mol. The average Bonchev–Trinajstić information content (AvgIpc) is 3.23. The lowest BCUT2D eigenvalue weighted by atomic mass is 10.1. The van der Waals surface area contributed by atoms with Gasteiger partial charge in [-0.3, -0.25) is 4.79 Å². The molecule has 0 unspecified atom stereocenters. The number of hydrogen-bond donors (Lipinski definition) is 1. The lowest BCUT2D eigenvalue weighted by Crippen LogP contribution is -2.26. The highest BCUT2D eigenvalue weighted by atomic mass is 16.1. The van der Waals surface area contributed by atoms with Crippen LogP contribution in [0, 0.1) is 6.92 Å². The lowest BCUT2D eigenvalue weighted by molar-refractivity contribution is -0.120. The highest BCUT2D eigenvalue weighted by Crippen LogP contribution is 2.19. The highest BCUT2D eigenvalue weighted by molar-refractivity contribution is 5.78. The minimum atomic E-state index is 0.118. The first-order valence-electron chi connectivity index (χ1n) is 14.4. The van der Waals surface area contributed by atoms with E-state index in [4.69, 9.17) is 4.98 Å². The zero-order valence-corrected chi connectivity index (χ0v) is 22.7. The molecule has 0 atom stereocenters. The molecule has 4 nitrogen and oxygen atoms in total. The molecule has 36 heavy (non-hydrogen) atoms. The fourth-order valence-corrected chi connectivity index (χ4v) is 5.00. The zero-order chi connectivity index (χ0) is 25.4. The van der Waals surface area contributed by atoms with E-state index < -0.39 is 0 Å². The topological polar surface area (TPSA) is 46.9 Å². The maximum Gasteiger partial charge on any atom is 0.224 e. The minimum Gasteiger partial charge on any atom is -0.356 e. The molecule has 196 valence electrons. The van der Waals surface area contributed by atoms with E-state index in [2.05, 4.69) is 54.1 Å². The first-order valence-corrected chi connectivity index (χ1v) is 14.4. The Morgan fingerprint density at radius 1 is 0.806 bits per heavy atom. The molecule has 1 heterocycles. The standard InChI is InChI=1S/C32H47N3O/c1-3-4-5-6-7-8-9-10-18-25-35-30-22-16-15-21-29(30)34-31(35)23-12-11-17-24-33-32(36)26-28-20-14-13-19-27(28)2/h13-16,19-22H,3-12,17-18,23-26H2,1-2H3,(H,33,36). The second-order valence-corrected chi connectivity index (χ2v) is 10.3. The first-order chi connectivity index (χ1) is 17.7. The van der Waals surface area contributed by atoms with Crippen molar-refractivity contribution in [3.63, 3.8) is 0 Å².